The average molecular weight is 300 g/mol. The summed E-state index contributed by atoms with van der Waals surface area (Å²) in [5.41, 5.74) is 1.99. The Bertz CT molecular complexity index is 783. The van der Waals surface area contributed by atoms with Crippen molar-refractivity contribution in [1.29, 1.82) is 0 Å². The Morgan fingerprint density at radius 1 is 1.19 bits per heavy atom. The van der Waals surface area contributed by atoms with Gasteiger partial charge in [-0.1, -0.05) is 48.0 Å². The van der Waals surface area contributed by atoms with E-state index in [-0.39, 0.29) is 17.6 Å². The first-order chi connectivity index (χ1) is 10.2. The molecule has 1 N–H and O–H groups in total. The molecule has 3 rings (SSSR count). The lowest BCUT2D eigenvalue weighted by molar-refractivity contribution is 0.0934. The third-order valence-electron chi connectivity index (χ3n) is 3.34. The number of aromatic nitrogens is 2. The van der Waals surface area contributed by atoms with Gasteiger partial charge in [-0.25, -0.2) is 4.52 Å². The van der Waals surface area contributed by atoms with Crippen LogP contribution in [0.15, 0.2) is 54.7 Å². The number of nitrogens with one attached hydrogen (secondary N) is 1. The highest BCUT2D eigenvalue weighted by molar-refractivity contribution is 6.36. The van der Waals surface area contributed by atoms with E-state index in [0.717, 1.165) is 11.1 Å². The molecule has 0 aliphatic carbocycles. The summed E-state index contributed by atoms with van der Waals surface area (Å²) in [4.78, 5) is 12.3. The summed E-state index contributed by atoms with van der Waals surface area (Å²) < 4.78 is 1.60. The number of hydrogen-bond donors (Lipinski definition) is 1. The van der Waals surface area contributed by atoms with Crippen molar-refractivity contribution in [1.82, 2.24) is 14.9 Å². The van der Waals surface area contributed by atoms with Crippen LogP contribution in [0.3, 0.4) is 0 Å². The molecule has 0 saturated carbocycles. The number of pyridine rings is 1. The molecule has 3 aromatic rings. The zero-order valence-electron chi connectivity index (χ0n) is 11.5. The number of hydrogen-bond acceptors (Lipinski definition) is 2. The van der Waals surface area contributed by atoms with Gasteiger partial charge in [0.2, 0.25) is 0 Å². The topological polar surface area (TPSA) is 46.4 Å². The molecule has 5 heteroatoms. The lowest BCUT2D eigenvalue weighted by atomic mass is 10.1. The summed E-state index contributed by atoms with van der Waals surface area (Å²) >= 11 is 6.24. The number of nitrogens with zero attached hydrogens (tertiary/aromatic N) is 2. The van der Waals surface area contributed by atoms with Gasteiger partial charge in [-0.2, -0.15) is 5.10 Å². The molecule has 2 aromatic heterocycles. The van der Waals surface area contributed by atoms with Crippen LogP contribution in [-0.4, -0.2) is 15.5 Å². The molecule has 4 nitrogen and oxygen atoms in total. The van der Waals surface area contributed by atoms with Crippen molar-refractivity contribution in [2.45, 2.75) is 13.0 Å². The minimum absolute atomic E-state index is 0.112. The number of fused-ring (bicyclic) bond motifs is 1. The summed E-state index contributed by atoms with van der Waals surface area (Å²) in [5, 5.41) is 7.52. The van der Waals surface area contributed by atoms with Crippen LogP contribution in [0.5, 0.6) is 0 Å². The predicted molar refractivity (Wildman–Crippen MR) is 82.5 cm³/mol. The van der Waals surface area contributed by atoms with E-state index in [2.05, 4.69) is 10.4 Å². The Kier molecular flexibility index (Phi) is 3.62. The number of halogens is 1. The number of rotatable bonds is 3. The molecular formula is C16H14ClN3O. The molecule has 0 bridgehead atoms. The Morgan fingerprint density at radius 3 is 2.62 bits per heavy atom. The minimum atomic E-state index is -0.278. The molecule has 0 aliphatic rings. The maximum atomic E-state index is 12.3. The molecule has 0 saturated heterocycles. The largest absolute Gasteiger partial charge is 0.344 e. The van der Waals surface area contributed by atoms with Crippen LogP contribution in [0.1, 0.15) is 29.0 Å². The van der Waals surface area contributed by atoms with Crippen LogP contribution < -0.4 is 5.32 Å². The van der Waals surface area contributed by atoms with E-state index in [1.54, 1.807) is 10.7 Å². The normalized spacial score (nSPS) is 12.3. The van der Waals surface area contributed by atoms with E-state index in [1.807, 2.05) is 55.5 Å². The second-order valence-electron chi connectivity index (χ2n) is 4.80. The summed E-state index contributed by atoms with van der Waals surface area (Å²) in [6.07, 6.45) is 1.76. The molecule has 0 spiro atoms. The molecule has 1 aromatic carbocycles. The highest BCUT2D eigenvalue weighted by Crippen LogP contribution is 2.22. The van der Waals surface area contributed by atoms with Crippen molar-refractivity contribution in [3.63, 3.8) is 0 Å². The fourth-order valence-corrected chi connectivity index (χ4v) is 2.48. The van der Waals surface area contributed by atoms with E-state index >= 15 is 0 Å². The molecule has 0 aliphatic heterocycles. The molecule has 0 fully saturated rings. The summed E-state index contributed by atoms with van der Waals surface area (Å²) in [6.45, 7) is 1.93. The third kappa shape index (κ3) is 2.62. The predicted octanol–water partition coefficient (Wildman–Crippen LogP) is 3.48. The maximum absolute atomic E-state index is 12.3. The summed E-state index contributed by atoms with van der Waals surface area (Å²) in [5.74, 6) is -0.278. The van der Waals surface area contributed by atoms with Crippen molar-refractivity contribution in [2.24, 2.45) is 0 Å². The second-order valence-corrected chi connectivity index (χ2v) is 5.18. The van der Waals surface area contributed by atoms with Crippen molar-refractivity contribution >= 4 is 23.0 Å². The number of carbonyl (C=O) groups is 1. The molecule has 1 amide bonds. The van der Waals surface area contributed by atoms with E-state index < -0.39 is 0 Å². The SMILES string of the molecule is CC(NC(=O)c1nn2ccccc2c1Cl)c1ccccc1. The van der Waals surface area contributed by atoms with Gasteiger partial charge < -0.3 is 5.32 Å². The van der Waals surface area contributed by atoms with Crippen LogP contribution in [0.4, 0.5) is 0 Å². The van der Waals surface area contributed by atoms with Crippen molar-refractivity contribution in [2.75, 3.05) is 0 Å². The Hall–Kier alpha value is -2.33. The second kappa shape index (κ2) is 5.58. The van der Waals surface area contributed by atoms with Gasteiger partial charge >= 0.3 is 0 Å². The monoisotopic (exact) mass is 299 g/mol. The Morgan fingerprint density at radius 2 is 1.90 bits per heavy atom. The Balaban J connectivity index is 1.86. The molecule has 106 valence electrons. The standard InChI is InChI=1S/C16H14ClN3O/c1-11(12-7-3-2-4-8-12)18-16(21)15-14(17)13-9-5-6-10-20(13)19-15/h2-11H,1H3,(H,18,21). The van der Waals surface area contributed by atoms with Crippen LogP contribution in [-0.2, 0) is 0 Å². The fourth-order valence-electron chi connectivity index (χ4n) is 2.20. The molecule has 0 radical (unpaired) electrons. The Labute approximate surface area is 127 Å². The van der Waals surface area contributed by atoms with Gasteiger partial charge in [0, 0.05) is 6.20 Å². The molecule has 21 heavy (non-hydrogen) atoms. The van der Waals surface area contributed by atoms with Crippen molar-refractivity contribution in [3.8, 4) is 0 Å². The highest BCUT2D eigenvalue weighted by atomic mass is 35.5. The van der Waals surface area contributed by atoms with Crippen LogP contribution >= 0.6 is 11.6 Å². The summed E-state index contributed by atoms with van der Waals surface area (Å²) in [7, 11) is 0. The first kappa shape index (κ1) is 13.6. The fraction of sp³-hybridized carbons (Fsp3) is 0.125. The average Bonchev–Trinajstić information content (AvgIpc) is 2.86. The van der Waals surface area contributed by atoms with Crippen LogP contribution in [0, 0.1) is 0 Å². The number of amides is 1. The zero-order chi connectivity index (χ0) is 14.8. The molecular weight excluding hydrogens is 286 g/mol. The molecule has 2 heterocycles. The van der Waals surface area contributed by atoms with E-state index in [9.17, 15) is 4.79 Å². The van der Waals surface area contributed by atoms with E-state index in [4.69, 9.17) is 11.6 Å². The van der Waals surface area contributed by atoms with Crippen LogP contribution in [0.2, 0.25) is 5.02 Å². The smallest absolute Gasteiger partial charge is 0.273 e. The number of benzene rings is 1. The quantitative estimate of drug-likeness (QED) is 0.805. The van der Waals surface area contributed by atoms with Gasteiger partial charge in [0.1, 0.15) is 0 Å². The first-order valence-electron chi connectivity index (χ1n) is 6.65. The van der Waals surface area contributed by atoms with E-state index in [1.165, 1.54) is 0 Å². The van der Waals surface area contributed by atoms with Gasteiger partial charge in [0.05, 0.1) is 16.6 Å². The molecule has 1 atom stereocenters. The first-order valence-corrected chi connectivity index (χ1v) is 7.03. The van der Waals surface area contributed by atoms with Gasteiger partial charge in [0.15, 0.2) is 5.69 Å². The lowest BCUT2D eigenvalue weighted by Crippen LogP contribution is -2.27. The van der Waals surface area contributed by atoms with Gasteiger partial charge in [-0.3, -0.25) is 4.79 Å². The van der Waals surface area contributed by atoms with Crippen molar-refractivity contribution < 1.29 is 4.79 Å². The number of carbonyl (C=O) groups excluding carboxylic acids is 1. The minimum Gasteiger partial charge on any atom is -0.344 e. The molecule has 1 unspecified atom stereocenters. The summed E-state index contributed by atoms with van der Waals surface area (Å²) in [6, 6.07) is 15.2. The van der Waals surface area contributed by atoms with Crippen LogP contribution in [0.25, 0.3) is 5.52 Å². The third-order valence-corrected chi connectivity index (χ3v) is 3.71. The van der Waals surface area contributed by atoms with Gasteiger partial charge in [-0.05, 0) is 24.6 Å². The highest BCUT2D eigenvalue weighted by Gasteiger charge is 2.19. The lowest BCUT2D eigenvalue weighted by Gasteiger charge is -2.13. The zero-order valence-corrected chi connectivity index (χ0v) is 12.2. The maximum Gasteiger partial charge on any atom is 0.273 e. The van der Waals surface area contributed by atoms with Crippen molar-refractivity contribution in [3.05, 3.63) is 71.0 Å². The van der Waals surface area contributed by atoms with E-state index in [0.29, 0.717) is 5.02 Å². The van der Waals surface area contributed by atoms with Gasteiger partial charge in [0.25, 0.3) is 5.91 Å². The van der Waals surface area contributed by atoms with Gasteiger partial charge in [-0.15, -0.1) is 0 Å².